The molecule has 1 N–H and O–H groups in total. The van der Waals surface area contributed by atoms with Crippen molar-refractivity contribution in [3.63, 3.8) is 0 Å². The van der Waals surface area contributed by atoms with E-state index < -0.39 is 0 Å². The number of thiazole rings is 1. The molecule has 0 aromatic carbocycles. The second-order valence-corrected chi connectivity index (χ2v) is 6.79. The van der Waals surface area contributed by atoms with Gasteiger partial charge in [0.25, 0.3) is 0 Å². The van der Waals surface area contributed by atoms with Crippen LogP contribution < -0.4 is 5.32 Å². The molecule has 1 aliphatic rings. The Labute approximate surface area is 118 Å². The van der Waals surface area contributed by atoms with Crippen LogP contribution in [-0.4, -0.2) is 24.2 Å². The number of aromatic nitrogens is 1. The Morgan fingerprint density at radius 2 is 2.42 bits per heavy atom. The first kappa shape index (κ1) is 14.4. The lowest BCUT2D eigenvalue weighted by molar-refractivity contribution is 0.109. The van der Waals surface area contributed by atoms with Crippen molar-refractivity contribution < 1.29 is 4.74 Å². The zero-order valence-corrected chi connectivity index (χ0v) is 12.6. The van der Waals surface area contributed by atoms with E-state index in [0.717, 1.165) is 36.7 Å². The molecule has 2 heterocycles. The number of nitriles is 1. The third-order valence-electron chi connectivity index (χ3n) is 3.16. The van der Waals surface area contributed by atoms with Crippen LogP contribution in [0.3, 0.4) is 0 Å². The fourth-order valence-corrected chi connectivity index (χ4v) is 2.97. The highest BCUT2D eigenvalue weighted by molar-refractivity contribution is 7.09. The Morgan fingerprint density at radius 1 is 1.63 bits per heavy atom. The van der Waals surface area contributed by atoms with Crippen molar-refractivity contribution in [2.75, 3.05) is 13.2 Å². The molecule has 2 unspecified atom stereocenters. The molecular weight excluding hydrogens is 258 g/mol. The molecule has 19 heavy (non-hydrogen) atoms. The Kier molecular flexibility index (Phi) is 4.56. The molecule has 1 aromatic heterocycles. The molecule has 104 valence electrons. The minimum atomic E-state index is -0.337. The van der Waals surface area contributed by atoms with Crippen molar-refractivity contribution in [3.8, 4) is 6.07 Å². The van der Waals surface area contributed by atoms with Gasteiger partial charge in [0.15, 0.2) is 0 Å². The van der Waals surface area contributed by atoms with E-state index in [4.69, 9.17) is 4.74 Å². The Hall–Kier alpha value is -0.960. The summed E-state index contributed by atoms with van der Waals surface area (Å²) in [5, 5.41) is 15.6. The van der Waals surface area contributed by atoms with Crippen molar-refractivity contribution in [2.45, 2.75) is 51.2 Å². The number of ether oxygens (including phenoxy) is 1. The molecule has 1 aliphatic heterocycles. The van der Waals surface area contributed by atoms with Gasteiger partial charge in [0.1, 0.15) is 6.04 Å². The molecule has 0 saturated carbocycles. The van der Waals surface area contributed by atoms with Gasteiger partial charge in [0, 0.05) is 23.9 Å². The molecule has 1 fully saturated rings. The molecule has 0 aliphatic carbocycles. The number of hydrogen-bond donors (Lipinski definition) is 1. The molecule has 0 spiro atoms. The Balaban J connectivity index is 1.97. The first-order chi connectivity index (χ1) is 9.00. The second-order valence-electron chi connectivity index (χ2n) is 5.93. The predicted octanol–water partition coefficient (Wildman–Crippen LogP) is 2.77. The van der Waals surface area contributed by atoms with Crippen LogP contribution in [0.5, 0.6) is 0 Å². The lowest BCUT2D eigenvalue weighted by Crippen LogP contribution is -2.29. The third-order valence-corrected chi connectivity index (χ3v) is 4.45. The van der Waals surface area contributed by atoms with Gasteiger partial charge in [-0.3, -0.25) is 5.32 Å². The summed E-state index contributed by atoms with van der Waals surface area (Å²) in [4.78, 5) is 4.59. The molecule has 1 aromatic rings. The lowest BCUT2D eigenvalue weighted by Gasteiger charge is -2.15. The summed E-state index contributed by atoms with van der Waals surface area (Å²) in [6.45, 7) is 7.97. The van der Waals surface area contributed by atoms with Crippen LogP contribution in [0.15, 0.2) is 5.38 Å². The average molecular weight is 279 g/mol. The fourth-order valence-electron chi connectivity index (χ4n) is 2.03. The van der Waals surface area contributed by atoms with Gasteiger partial charge in [0.05, 0.1) is 22.9 Å². The Bertz CT molecular complexity index is 452. The summed E-state index contributed by atoms with van der Waals surface area (Å²) >= 11 is 1.62. The summed E-state index contributed by atoms with van der Waals surface area (Å²) in [5.74, 6) is 0. The van der Waals surface area contributed by atoms with Crippen molar-refractivity contribution in [1.29, 1.82) is 5.26 Å². The van der Waals surface area contributed by atoms with E-state index in [-0.39, 0.29) is 17.6 Å². The van der Waals surface area contributed by atoms with Gasteiger partial charge < -0.3 is 4.74 Å². The fraction of sp³-hybridized carbons (Fsp3) is 0.714. The zero-order valence-electron chi connectivity index (χ0n) is 11.8. The van der Waals surface area contributed by atoms with E-state index in [1.54, 1.807) is 11.3 Å². The molecule has 2 rings (SSSR count). The molecule has 2 atom stereocenters. The van der Waals surface area contributed by atoms with Crippen LogP contribution >= 0.6 is 11.3 Å². The van der Waals surface area contributed by atoms with E-state index in [0.29, 0.717) is 0 Å². The Morgan fingerprint density at radius 3 is 2.95 bits per heavy atom. The number of nitrogens with zero attached hydrogens (tertiary/aromatic N) is 2. The lowest BCUT2D eigenvalue weighted by atomic mass is 9.98. The highest BCUT2D eigenvalue weighted by atomic mass is 32.1. The third kappa shape index (κ3) is 3.75. The molecule has 0 amide bonds. The minimum Gasteiger partial charge on any atom is -0.377 e. The molecule has 0 radical (unpaired) electrons. The maximum Gasteiger partial charge on any atom is 0.139 e. The van der Waals surface area contributed by atoms with E-state index in [2.05, 4.69) is 37.1 Å². The van der Waals surface area contributed by atoms with Gasteiger partial charge in [-0.25, -0.2) is 4.98 Å². The first-order valence-electron chi connectivity index (χ1n) is 6.71. The molecule has 0 bridgehead atoms. The largest absolute Gasteiger partial charge is 0.377 e. The number of nitrogens with one attached hydrogen (secondary N) is 1. The van der Waals surface area contributed by atoms with Gasteiger partial charge in [0.2, 0.25) is 0 Å². The van der Waals surface area contributed by atoms with E-state index in [1.807, 2.05) is 5.38 Å². The van der Waals surface area contributed by atoms with Crippen molar-refractivity contribution in [1.82, 2.24) is 10.3 Å². The maximum atomic E-state index is 9.28. The second kappa shape index (κ2) is 6.00. The normalized spacial score (nSPS) is 21.3. The molecule has 1 saturated heterocycles. The van der Waals surface area contributed by atoms with Crippen molar-refractivity contribution >= 4 is 11.3 Å². The SMILES string of the molecule is CC(C)(C)c1nc(C(C#N)NCC2CCCO2)cs1. The van der Waals surface area contributed by atoms with E-state index in [9.17, 15) is 5.26 Å². The predicted molar refractivity (Wildman–Crippen MR) is 76.1 cm³/mol. The van der Waals surface area contributed by atoms with Crippen LogP contribution in [0.25, 0.3) is 0 Å². The maximum absolute atomic E-state index is 9.28. The monoisotopic (exact) mass is 279 g/mol. The molecule has 5 heteroatoms. The zero-order chi connectivity index (χ0) is 13.9. The standard InChI is InChI=1S/C14H21N3OS/c1-14(2,3)13-17-12(9-19-13)11(7-15)16-8-10-5-4-6-18-10/h9-11,16H,4-6,8H2,1-3H3. The van der Waals surface area contributed by atoms with Crippen molar-refractivity contribution in [2.24, 2.45) is 0 Å². The van der Waals surface area contributed by atoms with Gasteiger partial charge in [-0.05, 0) is 12.8 Å². The first-order valence-corrected chi connectivity index (χ1v) is 7.59. The van der Waals surface area contributed by atoms with Crippen LogP contribution in [0.4, 0.5) is 0 Å². The average Bonchev–Trinajstić information content (AvgIpc) is 2.98. The van der Waals surface area contributed by atoms with Crippen LogP contribution in [-0.2, 0) is 10.2 Å². The van der Waals surface area contributed by atoms with E-state index in [1.165, 1.54) is 0 Å². The summed E-state index contributed by atoms with van der Waals surface area (Å²) < 4.78 is 5.55. The van der Waals surface area contributed by atoms with Gasteiger partial charge >= 0.3 is 0 Å². The highest BCUT2D eigenvalue weighted by Crippen LogP contribution is 2.27. The van der Waals surface area contributed by atoms with Gasteiger partial charge in [-0.15, -0.1) is 11.3 Å². The van der Waals surface area contributed by atoms with Crippen LogP contribution in [0, 0.1) is 11.3 Å². The molecular formula is C14H21N3OS. The van der Waals surface area contributed by atoms with Crippen LogP contribution in [0.2, 0.25) is 0 Å². The summed E-state index contributed by atoms with van der Waals surface area (Å²) in [6, 6.07) is 1.95. The summed E-state index contributed by atoms with van der Waals surface area (Å²) in [7, 11) is 0. The minimum absolute atomic E-state index is 0.0392. The number of rotatable bonds is 4. The van der Waals surface area contributed by atoms with Crippen LogP contribution in [0.1, 0.15) is 50.4 Å². The topological polar surface area (TPSA) is 57.9 Å². The van der Waals surface area contributed by atoms with Gasteiger partial charge in [-0.2, -0.15) is 5.26 Å². The van der Waals surface area contributed by atoms with Gasteiger partial charge in [-0.1, -0.05) is 20.8 Å². The number of hydrogen-bond acceptors (Lipinski definition) is 5. The smallest absolute Gasteiger partial charge is 0.139 e. The highest BCUT2D eigenvalue weighted by Gasteiger charge is 2.22. The molecule has 4 nitrogen and oxygen atoms in total. The van der Waals surface area contributed by atoms with Crippen molar-refractivity contribution in [3.05, 3.63) is 16.1 Å². The summed E-state index contributed by atoms with van der Waals surface area (Å²) in [5.41, 5.74) is 0.868. The summed E-state index contributed by atoms with van der Waals surface area (Å²) in [6.07, 6.45) is 2.45. The van der Waals surface area contributed by atoms with E-state index >= 15 is 0 Å². The quantitative estimate of drug-likeness (QED) is 0.920.